The van der Waals surface area contributed by atoms with Gasteiger partial charge in [-0.1, -0.05) is 26.0 Å². The minimum absolute atomic E-state index is 0.0592. The monoisotopic (exact) mass is 448 g/mol. The Balaban J connectivity index is 2.17. The minimum atomic E-state index is -1.09. The van der Waals surface area contributed by atoms with Gasteiger partial charge in [0.15, 0.2) is 0 Å². The number of carbonyl (C=O) groups is 4. The van der Waals surface area contributed by atoms with Crippen LogP contribution in [0.3, 0.4) is 0 Å². The second-order valence-electron chi connectivity index (χ2n) is 8.46. The summed E-state index contributed by atoms with van der Waals surface area (Å²) in [5, 5.41) is 24.1. The molecule has 1 aromatic rings. The van der Waals surface area contributed by atoms with E-state index >= 15 is 0 Å². The number of amides is 3. The third kappa shape index (κ3) is 6.43. The largest absolute Gasteiger partial charge is 0.508 e. The molecule has 0 aliphatic carbocycles. The van der Waals surface area contributed by atoms with Crippen molar-refractivity contribution >= 4 is 23.7 Å². The van der Waals surface area contributed by atoms with Gasteiger partial charge in [-0.2, -0.15) is 0 Å². The molecule has 2 rings (SSSR count). The number of aromatic hydroxyl groups is 1. The van der Waals surface area contributed by atoms with Crippen LogP contribution in [0.2, 0.25) is 0 Å². The van der Waals surface area contributed by atoms with Gasteiger partial charge in [-0.3, -0.25) is 14.4 Å². The van der Waals surface area contributed by atoms with Crippen LogP contribution in [0.5, 0.6) is 5.75 Å². The molecule has 1 aliphatic heterocycles. The van der Waals surface area contributed by atoms with E-state index in [0.717, 1.165) is 0 Å². The highest BCUT2D eigenvalue weighted by molar-refractivity contribution is 5.94. The molecule has 1 aromatic carbocycles. The molecule has 176 valence electrons. The molecule has 0 aromatic heterocycles. The van der Waals surface area contributed by atoms with E-state index in [9.17, 15) is 29.4 Å². The van der Waals surface area contributed by atoms with Crippen molar-refractivity contribution in [3.63, 3.8) is 0 Å². The Morgan fingerprint density at radius 2 is 1.72 bits per heavy atom. The molecule has 1 aliphatic rings. The summed E-state index contributed by atoms with van der Waals surface area (Å²) in [4.78, 5) is 51.0. The first-order valence-corrected chi connectivity index (χ1v) is 10.7. The standard InChI is InChI=1S/C22H32N4O6/c1-12(2)18(23)20(29)24-13(3)19(28)25-16(11-14-6-8-15(27)9-7-14)21(30)26-10-4-5-17(26)22(31)32/h6-9,12-13,16-18,27H,4-5,10-11,23H2,1-3H3,(H,24,29)(H,25,28)(H,31,32). The molecule has 0 bridgehead atoms. The van der Waals surface area contributed by atoms with Crippen LogP contribution >= 0.6 is 0 Å². The van der Waals surface area contributed by atoms with Gasteiger partial charge in [0.05, 0.1) is 6.04 Å². The Labute approximate surface area is 187 Å². The molecule has 0 spiro atoms. The van der Waals surface area contributed by atoms with E-state index in [1.54, 1.807) is 26.0 Å². The molecule has 1 saturated heterocycles. The number of hydrogen-bond acceptors (Lipinski definition) is 6. The van der Waals surface area contributed by atoms with Gasteiger partial charge in [0.2, 0.25) is 17.7 Å². The van der Waals surface area contributed by atoms with E-state index in [2.05, 4.69) is 10.6 Å². The number of nitrogens with one attached hydrogen (secondary N) is 2. The van der Waals surface area contributed by atoms with Crippen molar-refractivity contribution in [1.29, 1.82) is 0 Å². The van der Waals surface area contributed by atoms with Gasteiger partial charge in [-0.25, -0.2) is 4.79 Å². The van der Waals surface area contributed by atoms with Crippen LogP contribution in [0.25, 0.3) is 0 Å². The lowest BCUT2D eigenvalue weighted by molar-refractivity contribution is -0.149. The van der Waals surface area contributed by atoms with Crippen LogP contribution in [0.15, 0.2) is 24.3 Å². The molecule has 1 fully saturated rings. The molecular weight excluding hydrogens is 416 g/mol. The Hall–Kier alpha value is -3.14. The van der Waals surface area contributed by atoms with Gasteiger partial charge in [-0.15, -0.1) is 0 Å². The zero-order chi connectivity index (χ0) is 24.0. The normalized spacial score (nSPS) is 18.7. The fourth-order valence-corrected chi connectivity index (χ4v) is 3.53. The number of carboxylic acids is 1. The first-order valence-electron chi connectivity index (χ1n) is 10.7. The van der Waals surface area contributed by atoms with E-state index in [0.29, 0.717) is 18.4 Å². The predicted molar refractivity (Wildman–Crippen MR) is 117 cm³/mol. The molecule has 6 N–H and O–H groups in total. The molecule has 0 saturated carbocycles. The van der Waals surface area contributed by atoms with Crippen LogP contribution in [0, 0.1) is 5.92 Å². The van der Waals surface area contributed by atoms with Crippen LogP contribution in [-0.4, -0.2) is 69.5 Å². The van der Waals surface area contributed by atoms with Crippen LogP contribution < -0.4 is 16.4 Å². The maximum absolute atomic E-state index is 13.2. The fraction of sp³-hybridized carbons (Fsp3) is 0.545. The van der Waals surface area contributed by atoms with Crippen LogP contribution in [-0.2, 0) is 25.6 Å². The van der Waals surface area contributed by atoms with Crippen molar-refractivity contribution in [2.45, 2.75) is 64.2 Å². The van der Waals surface area contributed by atoms with Crippen molar-refractivity contribution in [3.8, 4) is 5.75 Å². The summed E-state index contributed by atoms with van der Waals surface area (Å²) >= 11 is 0. The molecule has 32 heavy (non-hydrogen) atoms. The summed E-state index contributed by atoms with van der Waals surface area (Å²) in [6.07, 6.45) is 1.00. The van der Waals surface area contributed by atoms with Crippen molar-refractivity contribution in [3.05, 3.63) is 29.8 Å². The lowest BCUT2D eigenvalue weighted by Gasteiger charge is -2.28. The zero-order valence-corrected chi connectivity index (χ0v) is 18.6. The highest BCUT2D eigenvalue weighted by Crippen LogP contribution is 2.20. The van der Waals surface area contributed by atoms with Crippen molar-refractivity contribution < 1.29 is 29.4 Å². The maximum Gasteiger partial charge on any atom is 0.326 e. The number of hydrogen-bond donors (Lipinski definition) is 5. The van der Waals surface area contributed by atoms with E-state index < -0.39 is 47.9 Å². The van der Waals surface area contributed by atoms with Gasteiger partial charge in [0, 0.05) is 13.0 Å². The SMILES string of the molecule is CC(NC(=O)C(N)C(C)C)C(=O)NC(Cc1ccc(O)cc1)C(=O)N1CCCC1C(=O)O. The number of phenols is 1. The molecule has 4 unspecified atom stereocenters. The van der Waals surface area contributed by atoms with E-state index in [4.69, 9.17) is 5.73 Å². The van der Waals surface area contributed by atoms with Gasteiger partial charge in [0.25, 0.3) is 0 Å². The number of aliphatic carboxylic acids is 1. The highest BCUT2D eigenvalue weighted by Gasteiger charge is 2.38. The van der Waals surface area contributed by atoms with Gasteiger partial charge in [-0.05, 0) is 43.4 Å². The number of likely N-dealkylation sites (tertiary alicyclic amines) is 1. The predicted octanol–water partition coefficient (Wildman–Crippen LogP) is -0.0169. The Kier molecular flexibility index (Phi) is 8.59. The van der Waals surface area contributed by atoms with Crippen LogP contribution in [0.4, 0.5) is 0 Å². The molecular formula is C22H32N4O6. The number of phenolic OH excluding ortho intramolecular Hbond substituents is 1. The quantitative estimate of drug-likeness (QED) is 0.355. The lowest BCUT2D eigenvalue weighted by Crippen LogP contribution is -2.57. The number of nitrogens with zero attached hydrogens (tertiary/aromatic N) is 1. The van der Waals surface area contributed by atoms with E-state index in [1.807, 2.05) is 0 Å². The third-order valence-electron chi connectivity index (χ3n) is 5.58. The molecule has 1 heterocycles. The first kappa shape index (κ1) is 25.1. The van der Waals surface area contributed by atoms with Crippen molar-refractivity contribution in [2.24, 2.45) is 11.7 Å². The summed E-state index contributed by atoms with van der Waals surface area (Å²) < 4.78 is 0. The topological polar surface area (TPSA) is 162 Å². The number of carboxylic acid groups (broad SMARTS) is 1. The zero-order valence-electron chi connectivity index (χ0n) is 18.6. The van der Waals surface area contributed by atoms with Gasteiger partial charge in [0.1, 0.15) is 23.9 Å². The number of nitrogens with two attached hydrogens (primary N) is 1. The molecule has 0 radical (unpaired) electrons. The molecule has 10 heteroatoms. The smallest absolute Gasteiger partial charge is 0.326 e. The molecule has 4 atom stereocenters. The Bertz CT molecular complexity index is 841. The van der Waals surface area contributed by atoms with E-state index in [1.165, 1.54) is 24.0 Å². The Morgan fingerprint density at radius 3 is 2.28 bits per heavy atom. The first-order chi connectivity index (χ1) is 15.0. The molecule has 10 nitrogen and oxygen atoms in total. The lowest BCUT2D eigenvalue weighted by atomic mass is 10.0. The van der Waals surface area contributed by atoms with Crippen molar-refractivity contribution in [2.75, 3.05) is 6.54 Å². The van der Waals surface area contributed by atoms with Gasteiger partial charge < -0.3 is 31.5 Å². The fourth-order valence-electron chi connectivity index (χ4n) is 3.53. The maximum atomic E-state index is 13.2. The summed E-state index contributed by atoms with van der Waals surface area (Å²) in [6.45, 7) is 5.35. The average molecular weight is 449 g/mol. The van der Waals surface area contributed by atoms with E-state index in [-0.39, 0.29) is 24.6 Å². The van der Waals surface area contributed by atoms with Crippen LogP contribution in [0.1, 0.15) is 39.2 Å². The Morgan fingerprint density at radius 1 is 1.09 bits per heavy atom. The summed E-state index contributed by atoms with van der Waals surface area (Å²) in [7, 11) is 0. The van der Waals surface area contributed by atoms with Crippen molar-refractivity contribution in [1.82, 2.24) is 15.5 Å². The second-order valence-corrected chi connectivity index (χ2v) is 8.46. The van der Waals surface area contributed by atoms with Gasteiger partial charge >= 0.3 is 5.97 Å². The third-order valence-corrected chi connectivity index (χ3v) is 5.58. The molecule has 3 amide bonds. The summed E-state index contributed by atoms with van der Waals surface area (Å²) in [5.74, 6) is -2.71. The number of rotatable bonds is 9. The average Bonchev–Trinajstić information content (AvgIpc) is 3.23. The minimum Gasteiger partial charge on any atom is -0.508 e. The summed E-state index contributed by atoms with van der Waals surface area (Å²) in [5.41, 5.74) is 6.49. The highest BCUT2D eigenvalue weighted by atomic mass is 16.4. The number of benzene rings is 1. The summed E-state index contributed by atoms with van der Waals surface area (Å²) in [6, 6.07) is 2.46. The second kappa shape index (κ2) is 10.9. The number of carbonyl (C=O) groups excluding carboxylic acids is 3.